The van der Waals surface area contributed by atoms with Gasteiger partial charge in [0.05, 0.1) is 13.5 Å². The number of carbonyl (C=O) groups excluding carboxylic acids is 1. The van der Waals surface area contributed by atoms with Crippen LogP contribution in [0.15, 0.2) is 28.7 Å². The molecule has 2 aromatic carbocycles. The Labute approximate surface area is 111 Å². The molecule has 0 aliphatic carbocycles. The van der Waals surface area contributed by atoms with E-state index in [2.05, 4.69) is 20.7 Å². The minimum Gasteiger partial charge on any atom is -0.507 e. The number of esters is 1. The number of hydrogen-bond donors (Lipinski definition) is 1. The summed E-state index contributed by atoms with van der Waals surface area (Å²) in [6.45, 7) is 0. The van der Waals surface area contributed by atoms with Crippen LogP contribution in [-0.4, -0.2) is 18.2 Å². The van der Waals surface area contributed by atoms with Crippen molar-refractivity contribution in [2.75, 3.05) is 7.11 Å². The van der Waals surface area contributed by atoms with Crippen LogP contribution in [0.5, 0.6) is 5.75 Å². The van der Waals surface area contributed by atoms with E-state index in [1.54, 1.807) is 6.07 Å². The van der Waals surface area contributed by atoms with E-state index in [1.165, 1.54) is 25.3 Å². The first kappa shape index (κ1) is 12.8. The Balaban J connectivity index is 2.61. The second kappa shape index (κ2) is 4.94. The van der Waals surface area contributed by atoms with Gasteiger partial charge in [0, 0.05) is 15.2 Å². The van der Waals surface area contributed by atoms with Crippen molar-refractivity contribution in [1.82, 2.24) is 0 Å². The van der Waals surface area contributed by atoms with Crippen molar-refractivity contribution in [3.05, 3.63) is 40.1 Å². The molecule has 3 nitrogen and oxygen atoms in total. The molecule has 0 fully saturated rings. The van der Waals surface area contributed by atoms with Crippen LogP contribution >= 0.6 is 15.9 Å². The van der Waals surface area contributed by atoms with Gasteiger partial charge in [0.15, 0.2) is 0 Å². The highest BCUT2D eigenvalue weighted by Crippen LogP contribution is 2.35. The van der Waals surface area contributed by atoms with E-state index in [9.17, 15) is 14.3 Å². The predicted molar refractivity (Wildman–Crippen MR) is 69.0 cm³/mol. The summed E-state index contributed by atoms with van der Waals surface area (Å²) >= 11 is 3.36. The standard InChI is InChI=1S/C13H10BrFO3/c1-18-12(17)5-7-4-11(16)10-6-8(15)2-3-9(10)13(7)14/h2-4,6,16H,5H2,1H3. The molecular formula is C13H10BrFO3. The number of phenolic OH excluding ortho intramolecular Hbond substituents is 1. The molecule has 2 aromatic rings. The Morgan fingerprint density at radius 3 is 2.78 bits per heavy atom. The SMILES string of the molecule is COC(=O)Cc1cc(O)c2cc(F)ccc2c1Br. The van der Waals surface area contributed by atoms with Crippen LogP contribution in [-0.2, 0) is 16.0 Å². The molecule has 94 valence electrons. The van der Waals surface area contributed by atoms with Gasteiger partial charge in [0.1, 0.15) is 11.6 Å². The molecule has 5 heteroatoms. The lowest BCUT2D eigenvalue weighted by atomic mass is 10.0. The summed E-state index contributed by atoms with van der Waals surface area (Å²) in [5.74, 6) is -0.895. The van der Waals surface area contributed by atoms with Gasteiger partial charge >= 0.3 is 5.97 Å². The summed E-state index contributed by atoms with van der Waals surface area (Å²) in [5.41, 5.74) is 0.596. The maximum atomic E-state index is 13.1. The van der Waals surface area contributed by atoms with E-state index >= 15 is 0 Å². The first-order valence-corrected chi connectivity index (χ1v) is 5.98. The molecule has 0 amide bonds. The van der Waals surface area contributed by atoms with E-state index in [-0.39, 0.29) is 12.2 Å². The quantitative estimate of drug-likeness (QED) is 0.866. The molecule has 0 saturated heterocycles. The van der Waals surface area contributed by atoms with Crippen LogP contribution in [0.3, 0.4) is 0 Å². The van der Waals surface area contributed by atoms with Crippen molar-refractivity contribution >= 4 is 32.7 Å². The van der Waals surface area contributed by atoms with Gasteiger partial charge in [-0.3, -0.25) is 4.79 Å². The van der Waals surface area contributed by atoms with Gasteiger partial charge in [-0.15, -0.1) is 0 Å². The fourth-order valence-corrected chi connectivity index (χ4v) is 2.36. The minimum absolute atomic E-state index is 0.0396. The van der Waals surface area contributed by atoms with Crippen molar-refractivity contribution < 1.29 is 19.0 Å². The third-order valence-corrected chi connectivity index (χ3v) is 3.59. The highest BCUT2D eigenvalue weighted by Gasteiger charge is 2.13. The Hall–Kier alpha value is -1.62. The maximum Gasteiger partial charge on any atom is 0.310 e. The number of ether oxygens (including phenoxy) is 1. The molecule has 0 unspecified atom stereocenters. The Kier molecular flexibility index (Phi) is 3.52. The van der Waals surface area contributed by atoms with Crippen LogP contribution in [0, 0.1) is 5.82 Å². The predicted octanol–water partition coefficient (Wildman–Crippen LogP) is 3.16. The molecule has 0 spiro atoms. The number of benzene rings is 2. The zero-order valence-corrected chi connectivity index (χ0v) is 11.1. The smallest absolute Gasteiger partial charge is 0.310 e. The van der Waals surface area contributed by atoms with Crippen LogP contribution in [0.4, 0.5) is 4.39 Å². The van der Waals surface area contributed by atoms with Gasteiger partial charge < -0.3 is 9.84 Å². The summed E-state index contributed by atoms with van der Waals surface area (Å²) in [5, 5.41) is 10.9. The molecule has 0 atom stereocenters. The highest BCUT2D eigenvalue weighted by atomic mass is 79.9. The van der Waals surface area contributed by atoms with Crippen molar-refractivity contribution in [3.8, 4) is 5.75 Å². The molecular weight excluding hydrogens is 303 g/mol. The summed E-state index contributed by atoms with van der Waals surface area (Å²) in [6.07, 6.45) is 0.0396. The zero-order valence-electron chi connectivity index (χ0n) is 9.54. The normalized spacial score (nSPS) is 10.6. The fourth-order valence-electron chi connectivity index (χ4n) is 1.76. The zero-order chi connectivity index (χ0) is 13.3. The van der Waals surface area contributed by atoms with Crippen LogP contribution < -0.4 is 0 Å². The summed E-state index contributed by atoms with van der Waals surface area (Å²) in [4.78, 5) is 11.3. The second-order valence-electron chi connectivity index (χ2n) is 3.81. The van der Waals surface area contributed by atoms with Crippen molar-refractivity contribution in [3.63, 3.8) is 0 Å². The van der Waals surface area contributed by atoms with Crippen LogP contribution in [0.2, 0.25) is 0 Å². The van der Waals surface area contributed by atoms with E-state index in [0.29, 0.717) is 20.8 Å². The lowest BCUT2D eigenvalue weighted by Crippen LogP contribution is -2.05. The van der Waals surface area contributed by atoms with E-state index in [0.717, 1.165) is 0 Å². The molecule has 0 heterocycles. The molecule has 18 heavy (non-hydrogen) atoms. The van der Waals surface area contributed by atoms with E-state index < -0.39 is 11.8 Å². The van der Waals surface area contributed by atoms with Gasteiger partial charge in [-0.05, 0) is 39.7 Å². The van der Waals surface area contributed by atoms with Gasteiger partial charge in [-0.1, -0.05) is 6.07 Å². The largest absolute Gasteiger partial charge is 0.507 e. The molecule has 0 bridgehead atoms. The number of fused-ring (bicyclic) bond motifs is 1. The molecule has 1 N–H and O–H groups in total. The lowest BCUT2D eigenvalue weighted by Gasteiger charge is -2.09. The fraction of sp³-hybridized carbons (Fsp3) is 0.154. The molecule has 0 aliphatic heterocycles. The topological polar surface area (TPSA) is 46.5 Å². The monoisotopic (exact) mass is 312 g/mol. The lowest BCUT2D eigenvalue weighted by molar-refractivity contribution is -0.139. The Morgan fingerprint density at radius 1 is 1.39 bits per heavy atom. The Morgan fingerprint density at radius 2 is 2.11 bits per heavy atom. The highest BCUT2D eigenvalue weighted by molar-refractivity contribution is 9.10. The maximum absolute atomic E-state index is 13.1. The third kappa shape index (κ3) is 2.31. The number of methoxy groups -OCH3 is 1. The molecule has 2 rings (SSSR count). The number of carbonyl (C=O) groups is 1. The molecule has 0 saturated carbocycles. The van der Waals surface area contributed by atoms with Gasteiger partial charge in [0.2, 0.25) is 0 Å². The van der Waals surface area contributed by atoms with Crippen LogP contribution in [0.25, 0.3) is 10.8 Å². The van der Waals surface area contributed by atoms with Gasteiger partial charge in [-0.25, -0.2) is 4.39 Å². The average Bonchev–Trinajstić information content (AvgIpc) is 2.35. The number of hydrogen-bond acceptors (Lipinski definition) is 3. The molecule has 0 radical (unpaired) electrons. The van der Waals surface area contributed by atoms with Crippen molar-refractivity contribution in [2.24, 2.45) is 0 Å². The van der Waals surface area contributed by atoms with E-state index in [4.69, 9.17) is 0 Å². The minimum atomic E-state index is -0.426. The first-order chi connectivity index (χ1) is 8.52. The summed E-state index contributed by atoms with van der Waals surface area (Å²) < 4.78 is 18.3. The first-order valence-electron chi connectivity index (χ1n) is 5.19. The average molecular weight is 313 g/mol. The van der Waals surface area contributed by atoms with E-state index in [1.807, 2.05) is 0 Å². The molecule has 0 aliphatic rings. The summed E-state index contributed by atoms with van der Waals surface area (Å²) in [6, 6.07) is 5.53. The third-order valence-electron chi connectivity index (χ3n) is 2.65. The summed E-state index contributed by atoms with van der Waals surface area (Å²) in [7, 11) is 1.30. The second-order valence-corrected chi connectivity index (χ2v) is 4.60. The number of rotatable bonds is 2. The van der Waals surface area contributed by atoms with Gasteiger partial charge in [-0.2, -0.15) is 0 Å². The number of phenols is 1. The van der Waals surface area contributed by atoms with Crippen molar-refractivity contribution in [2.45, 2.75) is 6.42 Å². The number of aromatic hydroxyl groups is 1. The number of halogens is 2. The van der Waals surface area contributed by atoms with Gasteiger partial charge in [0.25, 0.3) is 0 Å². The molecule has 0 aromatic heterocycles. The van der Waals surface area contributed by atoms with Crippen LogP contribution in [0.1, 0.15) is 5.56 Å². The van der Waals surface area contributed by atoms with Crippen molar-refractivity contribution in [1.29, 1.82) is 0 Å². The Bertz CT molecular complexity index is 625.